The molecular formula is C14H22O2. The first-order chi connectivity index (χ1) is 7.35. The van der Waals surface area contributed by atoms with Crippen molar-refractivity contribution in [2.45, 2.75) is 45.8 Å². The van der Waals surface area contributed by atoms with Gasteiger partial charge in [0.05, 0.1) is 12.2 Å². The highest BCUT2D eigenvalue weighted by atomic mass is 16.3. The standard InChI is InChI=1S/C14H22O2/c1-13(2)6-9-8-4-5-14(3,10(9)7-13)12(16)11(8)15/h4-5,8-12,15-16H,6-7H2,1-3H3/t8-,9+,10+,11+,12+,14+/m1/s1. The van der Waals surface area contributed by atoms with Crippen LogP contribution in [0.3, 0.4) is 0 Å². The number of hydrogen-bond acceptors (Lipinski definition) is 2. The van der Waals surface area contributed by atoms with Crippen molar-refractivity contribution in [3.05, 3.63) is 12.2 Å². The summed E-state index contributed by atoms with van der Waals surface area (Å²) in [6.07, 6.45) is 5.56. The van der Waals surface area contributed by atoms with E-state index in [1.165, 1.54) is 12.8 Å². The second kappa shape index (κ2) is 2.91. The lowest BCUT2D eigenvalue weighted by Crippen LogP contribution is -2.58. The van der Waals surface area contributed by atoms with Gasteiger partial charge in [-0.2, -0.15) is 0 Å². The van der Waals surface area contributed by atoms with Crippen LogP contribution in [0.1, 0.15) is 33.6 Å². The van der Waals surface area contributed by atoms with E-state index >= 15 is 0 Å². The molecule has 2 saturated carbocycles. The van der Waals surface area contributed by atoms with E-state index in [-0.39, 0.29) is 11.3 Å². The summed E-state index contributed by atoms with van der Waals surface area (Å²) in [5.74, 6) is 1.31. The van der Waals surface area contributed by atoms with Crippen molar-refractivity contribution in [1.29, 1.82) is 0 Å². The monoisotopic (exact) mass is 222 g/mol. The lowest BCUT2D eigenvalue weighted by Gasteiger charge is -2.54. The van der Waals surface area contributed by atoms with Gasteiger partial charge < -0.3 is 10.2 Å². The van der Waals surface area contributed by atoms with E-state index in [4.69, 9.17) is 0 Å². The Morgan fingerprint density at radius 2 is 1.81 bits per heavy atom. The molecule has 0 unspecified atom stereocenters. The van der Waals surface area contributed by atoms with E-state index in [0.29, 0.717) is 17.3 Å². The van der Waals surface area contributed by atoms with Gasteiger partial charge in [-0.3, -0.25) is 0 Å². The molecule has 0 spiro atoms. The minimum atomic E-state index is -0.572. The van der Waals surface area contributed by atoms with Crippen LogP contribution in [-0.2, 0) is 0 Å². The van der Waals surface area contributed by atoms with Gasteiger partial charge in [0.25, 0.3) is 0 Å². The first-order valence-corrected chi connectivity index (χ1v) is 6.41. The molecule has 2 heteroatoms. The summed E-state index contributed by atoms with van der Waals surface area (Å²) >= 11 is 0. The molecule has 16 heavy (non-hydrogen) atoms. The minimum Gasteiger partial charge on any atom is -0.390 e. The molecule has 2 N–H and O–H groups in total. The third-order valence-corrected chi connectivity index (χ3v) is 5.40. The molecule has 6 atom stereocenters. The third kappa shape index (κ3) is 1.15. The normalized spacial score (nSPS) is 57.7. The van der Waals surface area contributed by atoms with Crippen molar-refractivity contribution in [3.63, 3.8) is 0 Å². The van der Waals surface area contributed by atoms with Gasteiger partial charge in [0.2, 0.25) is 0 Å². The molecule has 0 heterocycles. The van der Waals surface area contributed by atoms with Crippen molar-refractivity contribution in [3.8, 4) is 0 Å². The van der Waals surface area contributed by atoms with Gasteiger partial charge in [-0.15, -0.1) is 0 Å². The summed E-state index contributed by atoms with van der Waals surface area (Å²) in [5.41, 5.74) is 0.164. The topological polar surface area (TPSA) is 40.5 Å². The van der Waals surface area contributed by atoms with Crippen molar-refractivity contribution < 1.29 is 10.2 Å². The molecule has 4 aliphatic rings. The predicted octanol–water partition coefficient (Wildman–Crippen LogP) is 1.97. The van der Waals surface area contributed by atoms with Crippen molar-refractivity contribution in [2.24, 2.45) is 28.6 Å². The molecule has 0 aromatic heterocycles. The van der Waals surface area contributed by atoms with Crippen LogP contribution in [0.4, 0.5) is 0 Å². The van der Waals surface area contributed by atoms with Crippen molar-refractivity contribution in [2.75, 3.05) is 0 Å². The first-order valence-electron chi connectivity index (χ1n) is 6.41. The summed E-state index contributed by atoms with van der Waals surface area (Å²) < 4.78 is 0. The van der Waals surface area contributed by atoms with Gasteiger partial charge >= 0.3 is 0 Å². The molecular weight excluding hydrogens is 200 g/mol. The molecule has 4 rings (SSSR count). The van der Waals surface area contributed by atoms with Crippen molar-refractivity contribution in [1.82, 2.24) is 0 Å². The largest absolute Gasteiger partial charge is 0.390 e. The molecule has 0 aromatic rings. The molecule has 2 bridgehead atoms. The van der Waals surface area contributed by atoms with Gasteiger partial charge in [0, 0.05) is 11.3 Å². The zero-order chi connectivity index (χ0) is 11.7. The smallest absolute Gasteiger partial charge is 0.0895 e. The Balaban J connectivity index is 2.04. The van der Waals surface area contributed by atoms with Crippen LogP contribution < -0.4 is 0 Å². The zero-order valence-electron chi connectivity index (χ0n) is 10.4. The molecule has 4 aliphatic carbocycles. The Kier molecular flexibility index (Phi) is 1.96. The predicted molar refractivity (Wildman–Crippen MR) is 62.7 cm³/mol. The fourth-order valence-electron chi connectivity index (χ4n) is 4.54. The molecule has 0 aromatic carbocycles. The molecule has 2 fully saturated rings. The SMILES string of the molecule is CC1(C)C[C@H]2[C@H]3C=C[C@](C)([C@@H](O)[C@H]3O)[C@H]2C1. The lowest BCUT2D eigenvalue weighted by atomic mass is 9.53. The van der Waals surface area contributed by atoms with Crippen LogP contribution in [0.15, 0.2) is 12.2 Å². The molecule has 90 valence electrons. The third-order valence-electron chi connectivity index (χ3n) is 5.40. The van der Waals surface area contributed by atoms with E-state index < -0.39 is 12.2 Å². The molecule has 2 nitrogen and oxygen atoms in total. The summed E-state index contributed by atoms with van der Waals surface area (Å²) in [6, 6.07) is 0. The van der Waals surface area contributed by atoms with Gasteiger partial charge in [-0.25, -0.2) is 0 Å². The highest BCUT2D eigenvalue weighted by Crippen LogP contribution is 2.62. The Hall–Kier alpha value is -0.340. The van der Waals surface area contributed by atoms with E-state index in [9.17, 15) is 10.2 Å². The fourth-order valence-corrected chi connectivity index (χ4v) is 4.54. The average Bonchev–Trinajstić information content (AvgIpc) is 2.51. The molecule has 0 saturated heterocycles. The molecule has 0 amide bonds. The average molecular weight is 222 g/mol. The van der Waals surface area contributed by atoms with Gasteiger partial charge in [0.15, 0.2) is 0 Å². The zero-order valence-corrected chi connectivity index (χ0v) is 10.4. The Morgan fingerprint density at radius 3 is 2.50 bits per heavy atom. The molecule has 0 aliphatic heterocycles. The van der Waals surface area contributed by atoms with E-state index in [2.05, 4.69) is 32.9 Å². The maximum Gasteiger partial charge on any atom is 0.0895 e. The van der Waals surface area contributed by atoms with E-state index in [1.54, 1.807) is 0 Å². The summed E-state index contributed by atoms with van der Waals surface area (Å²) in [7, 11) is 0. The Labute approximate surface area is 97.4 Å². The van der Waals surface area contributed by atoms with Crippen LogP contribution in [0.2, 0.25) is 0 Å². The van der Waals surface area contributed by atoms with Gasteiger partial charge in [-0.1, -0.05) is 32.9 Å². The summed E-state index contributed by atoms with van der Waals surface area (Å²) in [5, 5.41) is 20.4. The van der Waals surface area contributed by atoms with Gasteiger partial charge in [-0.05, 0) is 30.1 Å². The fraction of sp³-hybridized carbons (Fsp3) is 0.857. The minimum absolute atomic E-state index is 0.184. The first kappa shape index (κ1) is 10.8. The highest BCUT2D eigenvalue weighted by molar-refractivity contribution is 5.24. The number of aliphatic hydroxyl groups is 2. The van der Waals surface area contributed by atoms with E-state index in [0.717, 1.165) is 0 Å². The lowest BCUT2D eigenvalue weighted by molar-refractivity contribution is -0.142. The Morgan fingerprint density at radius 1 is 1.12 bits per heavy atom. The van der Waals surface area contributed by atoms with Crippen LogP contribution in [0.25, 0.3) is 0 Å². The highest BCUT2D eigenvalue weighted by Gasteiger charge is 2.61. The second-order valence-electron chi connectivity index (χ2n) is 7.08. The van der Waals surface area contributed by atoms with Crippen molar-refractivity contribution >= 4 is 0 Å². The van der Waals surface area contributed by atoms with Crippen LogP contribution in [0.5, 0.6) is 0 Å². The molecule has 0 radical (unpaired) electrons. The number of hydrogen-bond donors (Lipinski definition) is 2. The van der Waals surface area contributed by atoms with E-state index in [1.807, 2.05) is 0 Å². The maximum atomic E-state index is 10.2. The van der Waals surface area contributed by atoms with Crippen LogP contribution in [0, 0.1) is 28.6 Å². The second-order valence-corrected chi connectivity index (χ2v) is 7.08. The van der Waals surface area contributed by atoms with Crippen LogP contribution in [-0.4, -0.2) is 22.4 Å². The van der Waals surface area contributed by atoms with Gasteiger partial charge in [0.1, 0.15) is 0 Å². The number of aliphatic hydroxyl groups excluding tert-OH is 2. The number of fused-ring (bicyclic) bond motifs is 1. The quantitative estimate of drug-likeness (QED) is 0.615. The summed E-state index contributed by atoms with van der Waals surface area (Å²) in [4.78, 5) is 0. The van der Waals surface area contributed by atoms with Crippen LogP contribution >= 0.6 is 0 Å². The number of rotatable bonds is 0. The maximum absolute atomic E-state index is 10.2. The Bertz CT molecular complexity index is 347. The summed E-state index contributed by atoms with van der Waals surface area (Å²) in [6.45, 7) is 6.74.